The topological polar surface area (TPSA) is 45.5 Å². The molecule has 18 heavy (non-hydrogen) atoms. The lowest BCUT2D eigenvalue weighted by atomic mass is 10.1. The summed E-state index contributed by atoms with van der Waals surface area (Å²) in [6.45, 7) is 6.89. The lowest BCUT2D eigenvalue weighted by Crippen LogP contribution is -2.35. The lowest BCUT2D eigenvalue weighted by molar-refractivity contribution is 0.0565. The highest BCUT2D eigenvalue weighted by Gasteiger charge is 2.35. The number of aliphatic hydroxyl groups is 1. The van der Waals surface area contributed by atoms with Crippen molar-refractivity contribution in [2.45, 2.75) is 38.8 Å². The van der Waals surface area contributed by atoms with Crippen LogP contribution in [0, 0.1) is 0 Å². The van der Waals surface area contributed by atoms with Gasteiger partial charge in [-0.2, -0.15) is 0 Å². The fourth-order valence-electron chi connectivity index (χ4n) is 2.32. The summed E-state index contributed by atoms with van der Waals surface area (Å²) in [5.74, 6) is -0.00725. The van der Waals surface area contributed by atoms with Crippen molar-refractivity contribution < 1.29 is 9.90 Å². The molecule has 1 amide bonds. The van der Waals surface area contributed by atoms with Crippen LogP contribution in [0.2, 0.25) is 0 Å². The van der Waals surface area contributed by atoms with Crippen molar-refractivity contribution in [3.63, 3.8) is 0 Å². The molecule has 1 aromatic rings. The van der Waals surface area contributed by atoms with Crippen molar-refractivity contribution >= 4 is 21.8 Å². The van der Waals surface area contributed by atoms with E-state index in [9.17, 15) is 9.90 Å². The third-order valence-electron chi connectivity index (χ3n) is 3.33. The van der Waals surface area contributed by atoms with Gasteiger partial charge in [0.2, 0.25) is 0 Å². The van der Waals surface area contributed by atoms with Crippen LogP contribution in [0.4, 0.5) is 0 Å². The van der Waals surface area contributed by atoms with E-state index >= 15 is 0 Å². The van der Waals surface area contributed by atoms with E-state index in [1.807, 2.05) is 30.7 Å². The SMILES string of the molecule is CC(C)n1cc(Br)cc1C(=O)N1CCC(C)(O)C1. The molecular formula is C13H19BrN2O2. The first-order valence-electron chi connectivity index (χ1n) is 6.19. The molecule has 100 valence electrons. The number of β-amino-alcohol motifs (C(OH)–C–C–N with tert-alkyl or cyclic N) is 1. The minimum absolute atomic E-state index is 0.00725. The molecule has 1 aromatic heterocycles. The van der Waals surface area contributed by atoms with Crippen molar-refractivity contribution in [3.05, 3.63) is 22.4 Å². The summed E-state index contributed by atoms with van der Waals surface area (Å²) in [5.41, 5.74) is -0.0723. The predicted octanol–water partition coefficient (Wildman–Crippen LogP) is 2.43. The Labute approximate surface area is 116 Å². The van der Waals surface area contributed by atoms with E-state index in [-0.39, 0.29) is 11.9 Å². The Morgan fingerprint density at radius 3 is 2.72 bits per heavy atom. The highest BCUT2D eigenvalue weighted by Crippen LogP contribution is 2.25. The van der Waals surface area contributed by atoms with Crippen LogP contribution in [0.15, 0.2) is 16.7 Å². The van der Waals surface area contributed by atoms with Gasteiger partial charge >= 0.3 is 0 Å². The summed E-state index contributed by atoms with van der Waals surface area (Å²) in [6, 6.07) is 2.08. The van der Waals surface area contributed by atoms with Gasteiger partial charge in [0, 0.05) is 29.8 Å². The predicted molar refractivity (Wildman–Crippen MR) is 73.7 cm³/mol. The highest BCUT2D eigenvalue weighted by atomic mass is 79.9. The van der Waals surface area contributed by atoms with Crippen molar-refractivity contribution in [3.8, 4) is 0 Å². The molecule has 2 heterocycles. The fourth-order valence-corrected chi connectivity index (χ4v) is 2.76. The second-order valence-electron chi connectivity index (χ2n) is 5.52. The van der Waals surface area contributed by atoms with E-state index in [0.717, 1.165) is 4.47 Å². The molecule has 2 rings (SSSR count). The summed E-state index contributed by atoms with van der Waals surface area (Å²) in [6.07, 6.45) is 2.56. The maximum absolute atomic E-state index is 12.4. The zero-order chi connectivity index (χ0) is 13.5. The summed E-state index contributed by atoms with van der Waals surface area (Å²) in [4.78, 5) is 14.2. The number of rotatable bonds is 2. The maximum atomic E-state index is 12.4. The van der Waals surface area contributed by atoms with Crippen LogP contribution in [0.5, 0.6) is 0 Å². The van der Waals surface area contributed by atoms with E-state index < -0.39 is 5.60 Å². The van der Waals surface area contributed by atoms with Gasteiger partial charge in [-0.15, -0.1) is 0 Å². The zero-order valence-corrected chi connectivity index (χ0v) is 12.6. The number of hydrogen-bond donors (Lipinski definition) is 1. The first kappa shape index (κ1) is 13.6. The summed E-state index contributed by atoms with van der Waals surface area (Å²) in [5, 5.41) is 9.93. The van der Waals surface area contributed by atoms with Crippen LogP contribution in [0.1, 0.15) is 43.7 Å². The average molecular weight is 315 g/mol. The molecule has 5 heteroatoms. The molecule has 1 aliphatic rings. The Kier molecular flexibility index (Phi) is 3.56. The van der Waals surface area contributed by atoms with E-state index in [1.54, 1.807) is 11.8 Å². The van der Waals surface area contributed by atoms with Gasteiger partial charge in [0.05, 0.1) is 5.60 Å². The monoisotopic (exact) mass is 314 g/mol. The number of aromatic nitrogens is 1. The van der Waals surface area contributed by atoms with Gasteiger partial charge in [-0.1, -0.05) is 0 Å². The van der Waals surface area contributed by atoms with E-state index in [1.165, 1.54) is 0 Å². The molecule has 0 spiro atoms. The standard InChI is InChI=1S/C13H19BrN2O2/c1-9(2)16-7-10(14)6-11(16)12(17)15-5-4-13(3,18)8-15/h6-7,9,18H,4-5,8H2,1-3H3. The van der Waals surface area contributed by atoms with Gasteiger partial charge in [0.15, 0.2) is 0 Å². The maximum Gasteiger partial charge on any atom is 0.270 e. The van der Waals surface area contributed by atoms with Crippen LogP contribution < -0.4 is 0 Å². The van der Waals surface area contributed by atoms with Gasteiger partial charge in [0.1, 0.15) is 5.69 Å². The van der Waals surface area contributed by atoms with Crippen molar-refractivity contribution in [2.24, 2.45) is 0 Å². The number of amides is 1. The number of hydrogen-bond acceptors (Lipinski definition) is 2. The normalized spacial score (nSPS) is 24.0. The van der Waals surface area contributed by atoms with Crippen LogP contribution >= 0.6 is 15.9 Å². The Hall–Kier alpha value is -0.810. The summed E-state index contributed by atoms with van der Waals surface area (Å²) >= 11 is 3.41. The molecule has 1 fully saturated rings. The van der Waals surface area contributed by atoms with E-state index in [4.69, 9.17) is 0 Å². The van der Waals surface area contributed by atoms with Crippen LogP contribution in [-0.4, -0.2) is 39.2 Å². The second kappa shape index (κ2) is 4.70. The largest absolute Gasteiger partial charge is 0.388 e. The molecule has 0 radical (unpaired) electrons. The number of nitrogens with zero attached hydrogens (tertiary/aromatic N) is 2. The molecular weight excluding hydrogens is 296 g/mol. The third kappa shape index (κ3) is 2.62. The zero-order valence-electron chi connectivity index (χ0n) is 11.0. The summed E-state index contributed by atoms with van der Waals surface area (Å²) < 4.78 is 2.87. The molecule has 0 aliphatic carbocycles. The van der Waals surface area contributed by atoms with Gasteiger partial charge in [-0.25, -0.2) is 0 Å². The first-order chi connectivity index (χ1) is 8.30. The molecule has 4 nitrogen and oxygen atoms in total. The van der Waals surface area contributed by atoms with Crippen LogP contribution in [-0.2, 0) is 0 Å². The van der Waals surface area contributed by atoms with Crippen molar-refractivity contribution in [1.29, 1.82) is 0 Å². The number of carbonyl (C=O) groups is 1. The third-order valence-corrected chi connectivity index (χ3v) is 3.76. The Morgan fingerprint density at radius 1 is 1.56 bits per heavy atom. The quantitative estimate of drug-likeness (QED) is 0.911. The minimum atomic E-state index is -0.748. The van der Waals surface area contributed by atoms with E-state index in [0.29, 0.717) is 25.2 Å². The number of halogens is 1. The minimum Gasteiger partial charge on any atom is -0.388 e. The average Bonchev–Trinajstić information content (AvgIpc) is 2.80. The Balaban J connectivity index is 2.24. The number of likely N-dealkylation sites (tertiary alicyclic amines) is 1. The highest BCUT2D eigenvalue weighted by molar-refractivity contribution is 9.10. The Morgan fingerprint density at radius 2 is 2.22 bits per heavy atom. The fraction of sp³-hybridized carbons (Fsp3) is 0.615. The smallest absolute Gasteiger partial charge is 0.270 e. The molecule has 1 atom stereocenters. The molecule has 1 saturated heterocycles. The second-order valence-corrected chi connectivity index (χ2v) is 6.43. The van der Waals surface area contributed by atoms with Crippen molar-refractivity contribution in [1.82, 2.24) is 9.47 Å². The van der Waals surface area contributed by atoms with Gasteiger partial charge < -0.3 is 14.6 Å². The molecule has 0 saturated carbocycles. The lowest BCUT2D eigenvalue weighted by Gasteiger charge is -2.20. The number of carbonyl (C=O) groups excluding carboxylic acids is 1. The van der Waals surface area contributed by atoms with Gasteiger partial charge in [-0.3, -0.25) is 4.79 Å². The molecule has 0 bridgehead atoms. The summed E-state index contributed by atoms with van der Waals surface area (Å²) in [7, 11) is 0. The Bertz CT molecular complexity index is 466. The van der Waals surface area contributed by atoms with Crippen molar-refractivity contribution in [2.75, 3.05) is 13.1 Å². The van der Waals surface area contributed by atoms with E-state index in [2.05, 4.69) is 15.9 Å². The molecule has 0 aromatic carbocycles. The van der Waals surface area contributed by atoms with Gasteiger partial charge in [-0.05, 0) is 49.2 Å². The van der Waals surface area contributed by atoms with Crippen LogP contribution in [0.25, 0.3) is 0 Å². The van der Waals surface area contributed by atoms with Gasteiger partial charge in [0.25, 0.3) is 5.91 Å². The van der Waals surface area contributed by atoms with Crippen LogP contribution in [0.3, 0.4) is 0 Å². The molecule has 1 aliphatic heterocycles. The first-order valence-corrected chi connectivity index (χ1v) is 6.98. The molecule has 1 unspecified atom stereocenters. The molecule has 1 N–H and O–H groups in total.